The summed E-state index contributed by atoms with van der Waals surface area (Å²) in [5, 5.41) is 0. The van der Waals surface area contributed by atoms with Gasteiger partial charge in [0.1, 0.15) is 11.5 Å². The van der Waals surface area contributed by atoms with Crippen molar-refractivity contribution < 1.29 is 17.7 Å². The van der Waals surface area contributed by atoms with Gasteiger partial charge in [-0.2, -0.15) is 8.42 Å². The fourth-order valence-corrected chi connectivity index (χ4v) is 2.49. The van der Waals surface area contributed by atoms with Crippen LogP contribution < -0.4 is 4.74 Å². The Morgan fingerprint density at radius 1 is 0.826 bits per heavy atom. The Hall–Kier alpha value is -2.28. The van der Waals surface area contributed by atoms with Gasteiger partial charge in [-0.1, -0.05) is 0 Å². The fraction of sp³-hybridized carbons (Fsp3) is 0. The third-order valence-corrected chi connectivity index (χ3v) is 3.96. The summed E-state index contributed by atoms with van der Waals surface area (Å²) < 4.78 is 38.5. The lowest BCUT2D eigenvalue weighted by molar-refractivity contribution is 0.478. The topological polar surface area (TPSA) is 68.5 Å². The smallest absolute Gasteiger partial charge is 0.294 e. The predicted molar refractivity (Wildman–Crippen MR) is 89.3 cm³/mol. The van der Waals surface area contributed by atoms with E-state index in [1.807, 2.05) is 53.4 Å². The van der Waals surface area contributed by atoms with Gasteiger partial charge >= 0.3 is 0 Å². The van der Waals surface area contributed by atoms with Crippen molar-refractivity contribution in [1.29, 1.82) is 0 Å². The average molecular weight is 352 g/mol. The summed E-state index contributed by atoms with van der Waals surface area (Å²) in [6.45, 7) is 0. The Bertz CT molecular complexity index is 857. The van der Waals surface area contributed by atoms with Gasteiger partial charge in [-0.25, -0.2) is 0 Å². The second-order valence-electron chi connectivity index (χ2n) is 4.63. The highest BCUT2D eigenvalue weighted by Crippen LogP contribution is 2.24. The van der Waals surface area contributed by atoms with Gasteiger partial charge in [0.25, 0.3) is 10.1 Å². The zero-order valence-electron chi connectivity index (χ0n) is 11.9. The first kappa shape index (κ1) is 17.1. The summed E-state index contributed by atoms with van der Waals surface area (Å²) in [5.41, 5.74) is 1.01. The van der Waals surface area contributed by atoms with Crippen molar-refractivity contribution in [2.24, 2.45) is 0 Å². The van der Waals surface area contributed by atoms with Crippen LogP contribution in [0.1, 0.15) is 0 Å². The van der Waals surface area contributed by atoms with Gasteiger partial charge in [0.05, 0.1) is 4.90 Å². The molecular formula is C16H14ClNO4S. The lowest BCUT2D eigenvalue weighted by Crippen LogP contribution is -1.97. The van der Waals surface area contributed by atoms with Crippen LogP contribution in [0.3, 0.4) is 0 Å². The molecule has 0 atom stereocenters. The first-order chi connectivity index (χ1) is 10.5. The monoisotopic (exact) mass is 351 g/mol. The molecule has 1 aromatic heterocycles. The quantitative estimate of drug-likeness (QED) is 0.723. The third kappa shape index (κ3) is 4.13. The van der Waals surface area contributed by atoms with Gasteiger partial charge in [-0.3, -0.25) is 4.55 Å². The molecule has 0 fully saturated rings. The molecule has 1 heterocycles. The van der Waals surface area contributed by atoms with E-state index < -0.39 is 10.1 Å². The van der Waals surface area contributed by atoms with Crippen LogP contribution in [0.15, 0.2) is 78.0 Å². The minimum atomic E-state index is -4.18. The summed E-state index contributed by atoms with van der Waals surface area (Å²) in [6, 6.07) is 16.9. The third-order valence-electron chi connectivity index (χ3n) is 3.10. The molecule has 0 spiro atoms. The predicted octanol–water partition coefficient (Wildman–Crippen LogP) is 3.94. The van der Waals surface area contributed by atoms with Gasteiger partial charge in [0.15, 0.2) is 0 Å². The van der Waals surface area contributed by atoms with Crippen LogP contribution >= 0.6 is 12.4 Å². The van der Waals surface area contributed by atoms with E-state index in [2.05, 4.69) is 0 Å². The molecule has 7 heteroatoms. The van der Waals surface area contributed by atoms with E-state index in [9.17, 15) is 8.42 Å². The molecule has 3 rings (SSSR count). The van der Waals surface area contributed by atoms with Crippen LogP contribution in [-0.2, 0) is 10.1 Å². The molecule has 0 saturated carbocycles. The molecule has 0 aliphatic heterocycles. The Labute approximate surface area is 140 Å². The molecule has 2 aromatic carbocycles. The van der Waals surface area contributed by atoms with Crippen LogP contribution in [0.5, 0.6) is 11.5 Å². The fourth-order valence-electron chi connectivity index (χ4n) is 2.01. The second-order valence-corrected chi connectivity index (χ2v) is 6.05. The molecule has 0 radical (unpaired) electrons. The van der Waals surface area contributed by atoms with E-state index in [4.69, 9.17) is 9.29 Å². The van der Waals surface area contributed by atoms with Gasteiger partial charge in [-0.15, -0.1) is 12.4 Å². The number of halogens is 1. The lowest BCUT2D eigenvalue weighted by atomic mass is 10.3. The normalized spacial score (nSPS) is 10.8. The van der Waals surface area contributed by atoms with E-state index in [1.165, 1.54) is 24.3 Å². The van der Waals surface area contributed by atoms with Crippen LogP contribution in [0, 0.1) is 0 Å². The molecule has 1 N–H and O–H groups in total. The van der Waals surface area contributed by atoms with Crippen LogP contribution in [0.25, 0.3) is 5.69 Å². The molecular weight excluding hydrogens is 338 g/mol. The summed E-state index contributed by atoms with van der Waals surface area (Å²) in [6.07, 6.45) is 3.90. The maximum atomic E-state index is 11.0. The molecule has 0 aliphatic carbocycles. The van der Waals surface area contributed by atoms with E-state index >= 15 is 0 Å². The minimum absolute atomic E-state index is 0. The molecule has 0 saturated heterocycles. The van der Waals surface area contributed by atoms with Crippen LogP contribution in [0.4, 0.5) is 0 Å². The average Bonchev–Trinajstić information content (AvgIpc) is 3.02. The molecule has 120 valence electrons. The summed E-state index contributed by atoms with van der Waals surface area (Å²) in [5.74, 6) is 1.12. The number of hydrogen-bond acceptors (Lipinski definition) is 3. The van der Waals surface area contributed by atoms with Gasteiger partial charge in [-0.05, 0) is 60.7 Å². The van der Waals surface area contributed by atoms with Gasteiger partial charge in [0, 0.05) is 18.1 Å². The van der Waals surface area contributed by atoms with Crippen molar-refractivity contribution in [1.82, 2.24) is 4.57 Å². The van der Waals surface area contributed by atoms with Crippen molar-refractivity contribution in [3.8, 4) is 17.2 Å². The number of rotatable bonds is 4. The molecule has 0 unspecified atom stereocenters. The highest BCUT2D eigenvalue weighted by atomic mass is 35.5. The highest BCUT2D eigenvalue weighted by Gasteiger charge is 2.09. The standard InChI is InChI=1S/C16H13NO4S.ClH/c18-22(19,20)16-9-7-15(8-10-16)21-14-5-3-13(4-6-14)17-11-1-2-12-17;/h1-12H,(H,18,19,20);1H. The lowest BCUT2D eigenvalue weighted by Gasteiger charge is -2.08. The van der Waals surface area contributed by atoms with Crippen molar-refractivity contribution >= 4 is 22.5 Å². The number of nitrogens with zero attached hydrogens (tertiary/aromatic N) is 1. The zero-order valence-corrected chi connectivity index (χ0v) is 13.5. The largest absolute Gasteiger partial charge is 0.457 e. The number of hydrogen-bond donors (Lipinski definition) is 1. The molecule has 5 nitrogen and oxygen atoms in total. The number of benzene rings is 2. The summed E-state index contributed by atoms with van der Waals surface area (Å²) in [4.78, 5) is -0.164. The Kier molecular flexibility index (Phi) is 5.10. The van der Waals surface area contributed by atoms with Crippen molar-refractivity contribution in [2.75, 3.05) is 0 Å². The molecule has 0 amide bonds. The van der Waals surface area contributed by atoms with E-state index in [1.54, 1.807) is 0 Å². The summed E-state index contributed by atoms with van der Waals surface area (Å²) >= 11 is 0. The van der Waals surface area contributed by atoms with Gasteiger partial charge in [0.2, 0.25) is 0 Å². The number of ether oxygens (including phenoxy) is 1. The van der Waals surface area contributed by atoms with Crippen LogP contribution in [0.2, 0.25) is 0 Å². The Morgan fingerprint density at radius 3 is 1.78 bits per heavy atom. The first-order valence-corrected chi connectivity index (χ1v) is 7.95. The van der Waals surface area contributed by atoms with Crippen LogP contribution in [-0.4, -0.2) is 17.5 Å². The summed E-state index contributed by atoms with van der Waals surface area (Å²) in [7, 11) is -4.18. The van der Waals surface area contributed by atoms with Crippen molar-refractivity contribution in [3.05, 3.63) is 73.1 Å². The SMILES string of the molecule is Cl.O=S(=O)(O)c1ccc(Oc2ccc(-n3cccc3)cc2)cc1. The first-order valence-electron chi connectivity index (χ1n) is 6.51. The Morgan fingerprint density at radius 2 is 1.30 bits per heavy atom. The van der Waals surface area contributed by atoms with E-state index in [-0.39, 0.29) is 17.3 Å². The molecule has 0 bridgehead atoms. The maximum Gasteiger partial charge on any atom is 0.294 e. The van der Waals surface area contributed by atoms with Crippen molar-refractivity contribution in [3.63, 3.8) is 0 Å². The van der Waals surface area contributed by atoms with E-state index in [0.29, 0.717) is 11.5 Å². The van der Waals surface area contributed by atoms with E-state index in [0.717, 1.165) is 5.69 Å². The second kappa shape index (κ2) is 6.87. The molecule has 23 heavy (non-hydrogen) atoms. The molecule has 0 aliphatic rings. The molecule has 3 aromatic rings. The zero-order chi connectivity index (χ0) is 15.6. The van der Waals surface area contributed by atoms with Crippen molar-refractivity contribution in [2.45, 2.75) is 4.90 Å². The maximum absolute atomic E-state index is 11.0. The minimum Gasteiger partial charge on any atom is -0.457 e. The number of aromatic nitrogens is 1. The highest BCUT2D eigenvalue weighted by molar-refractivity contribution is 7.85. The van der Waals surface area contributed by atoms with Gasteiger partial charge < -0.3 is 9.30 Å². The Balaban J connectivity index is 0.00000192.